The highest BCUT2D eigenvalue weighted by Crippen LogP contribution is 2.18. The zero-order chi connectivity index (χ0) is 17.8. The van der Waals surface area contributed by atoms with Crippen LogP contribution in [-0.4, -0.2) is 26.7 Å². The minimum Gasteiger partial charge on any atom is -0.379 e. The molecule has 0 saturated carbocycles. The Morgan fingerprint density at radius 1 is 1.36 bits per heavy atom. The Bertz CT molecular complexity index is 947. The number of aromatic nitrogens is 2. The Hall–Kier alpha value is -2.67. The number of nitrogens with one attached hydrogen (secondary N) is 1. The Morgan fingerprint density at radius 3 is 2.92 bits per heavy atom. The highest BCUT2D eigenvalue weighted by Gasteiger charge is 2.10. The van der Waals surface area contributed by atoms with Crippen LogP contribution in [0.3, 0.4) is 0 Å². The van der Waals surface area contributed by atoms with Gasteiger partial charge < -0.3 is 10.2 Å². The molecule has 0 aliphatic heterocycles. The molecule has 3 rings (SSSR count). The summed E-state index contributed by atoms with van der Waals surface area (Å²) in [5.41, 5.74) is 2.59. The van der Waals surface area contributed by atoms with Gasteiger partial charge in [0.1, 0.15) is 0 Å². The SMILES string of the molecule is CCN(Cc1ccccc1NCc1cc(=O)n2ccsc2n1)C(C)=O. The Morgan fingerprint density at radius 2 is 2.16 bits per heavy atom. The van der Waals surface area contributed by atoms with Gasteiger partial charge in [0.25, 0.3) is 5.56 Å². The van der Waals surface area contributed by atoms with E-state index in [-0.39, 0.29) is 11.5 Å². The van der Waals surface area contributed by atoms with Gasteiger partial charge in [-0.2, -0.15) is 0 Å². The van der Waals surface area contributed by atoms with Gasteiger partial charge >= 0.3 is 0 Å². The van der Waals surface area contributed by atoms with E-state index in [4.69, 9.17) is 0 Å². The fraction of sp³-hybridized carbons (Fsp3) is 0.278. The highest BCUT2D eigenvalue weighted by molar-refractivity contribution is 7.15. The third-order valence-corrected chi connectivity index (χ3v) is 4.78. The number of rotatable bonds is 6. The average molecular weight is 356 g/mol. The number of nitrogens with zero attached hydrogens (tertiary/aromatic N) is 3. The van der Waals surface area contributed by atoms with Crippen molar-refractivity contribution in [3.8, 4) is 0 Å². The van der Waals surface area contributed by atoms with E-state index in [1.54, 1.807) is 24.1 Å². The summed E-state index contributed by atoms with van der Waals surface area (Å²) < 4.78 is 1.54. The first-order chi connectivity index (χ1) is 12.1. The first kappa shape index (κ1) is 17.2. The fourth-order valence-corrected chi connectivity index (χ4v) is 3.38. The smallest absolute Gasteiger partial charge is 0.258 e. The molecule has 1 amide bonds. The van der Waals surface area contributed by atoms with Crippen molar-refractivity contribution >= 4 is 27.9 Å². The zero-order valence-electron chi connectivity index (χ0n) is 14.2. The number of hydrogen-bond acceptors (Lipinski definition) is 5. The lowest BCUT2D eigenvalue weighted by Crippen LogP contribution is -2.28. The maximum absolute atomic E-state index is 12.1. The molecular formula is C18H20N4O2S. The molecule has 2 heterocycles. The quantitative estimate of drug-likeness (QED) is 0.737. The van der Waals surface area contributed by atoms with Crippen molar-refractivity contribution < 1.29 is 4.79 Å². The van der Waals surface area contributed by atoms with E-state index in [1.807, 2.05) is 36.6 Å². The molecule has 0 unspecified atom stereocenters. The van der Waals surface area contributed by atoms with E-state index in [1.165, 1.54) is 15.7 Å². The second-order valence-corrected chi connectivity index (χ2v) is 6.56. The van der Waals surface area contributed by atoms with Crippen LogP contribution in [0.25, 0.3) is 4.96 Å². The molecule has 0 fully saturated rings. The van der Waals surface area contributed by atoms with E-state index < -0.39 is 0 Å². The number of para-hydroxylation sites is 1. The number of carbonyl (C=O) groups is 1. The number of benzene rings is 1. The molecule has 1 N–H and O–H groups in total. The molecule has 2 aromatic heterocycles. The van der Waals surface area contributed by atoms with Crippen molar-refractivity contribution in [2.75, 3.05) is 11.9 Å². The lowest BCUT2D eigenvalue weighted by Gasteiger charge is -2.21. The Kier molecular flexibility index (Phi) is 5.14. The van der Waals surface area contributed by atoms with E-state index in [2.05, 4.69) is 10.3 Å². The normalized spacial score (nSPS) is 10.8. The molecular weight excluding hydrogens is 336 g/mol. The van der Waals surface area contributed by atoms with Gasteiger partial charge in [-0.05, 0) is 18.6 Å². The van der Waals surface area contributed by atoms with Crippen LogP contribution in [0.5, 0.6) is 0 Å². The molecule has 0 aliphatic rings. The van der Waals surface area contributed by atoms with Gasteiger partial charge in [0.05, 0.1) is 12.2 Å². The highest BCUT2D eigenvalue weighted by atomic mass is 32.1. The maximum Gasteiger partial charge on any atom is 0.258 e. The van der Waals surface area contributed by atoms with E-state index in [0.29, 0.717) is 30.3 Å². The molecule has 0 saturated heterocycles. The van der Waals surface area contributed by atoms with Gasteiger partial charge in [0.15, 0.2) is 4.96 Å². The van der Waals surface area contributed by atoms with Crippen LogP contribution in [0.4, 0.5) is 5.69 Å². The van der Waals surface area contributed by atoms with Crippen LogP contribution in [0.15, 0.2) is 46.7 Å². The van der Waals surface area contributed by atoms with Crippen molar-refractivity contribution in [2.24, 2.45) is 0 Å². The van der Waals surface area contributed by atoms with Gasteiger partial charge in [-0.1, -0.05) is 18.2 Å². The van der Waals surface area contributed by atoms with Gasteiger partial charge in [0, 0.05) is 43.3 Å². The molecule has 7 heteroatoms. The van der Waals surface area contributed by atoms with Crippen LogP contribution < -0.4 is 10.9 Å². The van der Waals surface area contributed by atoms with Crippen molar-refractivity contribution in [2.45, 2.75) is 26.9 Å². The summed E-state index contributed by atoms with van der Waals surface area (Å²) in [7, 11) is 0. The number of amides is 1. The molecule has 3 aromatic rings. The summed E-state index contributed by atoms with van der Waals surface area (Å²) in [6.45, 7) is 5.21. The first-order valence-electron chi connectivity index (χ1n) is 8.11. The Labute approximate surface area is 149 Å². The van der Waals surface area contributed by atoms with Crippen LogP contribution in [0, 0.1) is 0 Å². The van der Waals surface area contributed by atoms with Gasteiger partial charge in [-0.15, -0.1) is 11.3 Å². The number of hydrogen-bond donors (Lipinski definition) is 1. The molecule has 0 radical (unpaired) electrons. The largest absolute Gasteiger partial charge is 0.379 e. The van der Waals surface area contributed by atoms with Crippen LogP contribution in [-0.2, 0) is 17.9 Å². The summed E-state index contributed by atoms with van der Waals surface area (Å²) in [4.78, 5) is 30.7. The number of anilines is 1. The predicted octanol–water partition coefficient (Wildman–Crippen LogP) is 2.74. The third-order valence-electron chi connectivity index (χ3n) is 4.02. The minimum absolute atomic E-state index is 0.0511. The summed E-state index contributed by atoms with van der Waals surface area (Å²) in [6, 6.07) is 9.42. The van der Waals surface area contributed by atoms with E-state index in [0.717, 1.165) is 11.3 Å². The van der Waals surface area contributed by atoms with Gasteiger partial charge in [-0.25, -0.2) is 4.98 Å². The second-order valence-electron chi connectivity index (χ2n) is 5.69. The monoisotopic (exact) mass is 356 g/mol. The van der Waals surface area contributed by atoms with Crippen LogP contribution in [0.1, 0.15) is 25.1 Å². The number of carbonyl (C=O) groups excluding carboxylic acids is 1. The minimum atomic E-state index is -0.0786. The Balaban J connectivity index is 1.78. The summed E-state index contributed by atoms with van der Waals surface area (Å²) >= 11 is 1.43. The maximum atomic E-state index is 12.1. The molecule has 0 atom stereocenters. The van der Waals surface area contributed by atoms with Gasteiger partial charge in [0.2, 0.25) is 5.91 Å². The summed E-state index contributed by atoms with van der Waals surface area (Å²) in [5.74, 6) is 0.0511. The summed E-state index contributed by atoms with van der Waals surface area (Å²) in [5, 5.41) is 5.18. The number of thiazole rings is 1. The molecule has 1 aromatic carbocycles. The van der Waals surface area contributed by atoms with Crippen molar-refractivity contribution in [1.82, 2.24) is 14.3 Å². The van der Waals surface area contributed by atoms with Crippen molar-refractivity contribution in [3.05, 3.63) is 63.5 Å². The average Bonchev–Trinajstić information content (AvgIpc) is 3.07. The van der Waals surface area contributed by atoms with E-state index >= 15 is 0 Å². The van der Waals surface area contributed by atoms with E-state index in [9.17, 15) is 9.59 Å². The second kappa shape index (κ2) is 7.48. The molecule has 25 heavy (non-hydrogen) atoms. The lowest BCUT2D eigenvalue weighted by molar-refractivity contribution is -0.129. The zero-order valence-corrected chi connectivity index (χ0v) is 15.0. The first-order valence-corrected chi connectivity index (χ1v) is 8.99. The predicted molar refractivity (Wildman–Crippen MR) is 99.9 cm³/mol. The fourth-order valence-electron chi connectivity index (χ4n) is 2.65. The molecule has 130 valence electrons. The van der Waals surface area contributed by atoms with Crippen molar-refractivity contribution in [1.29, 1.82) is 0 Å². The topological polar surface area (TPSA) is 66.7 Å². The van der Waals surface area contributed by atoms with Crippen molar-refractivity contribution in [3.63, 3.8) is 0 Å². The molecule has 0 spiro atoms. The molecule has 0 bridgehead atoms. The molecule has 6 nitrogen and oxygen atoms in total. The standard InChI is InChI=1S/C18H20N4O2S/c1-3-21(13(2)23)12-14-6-4-5-7-16(14)19-11-15-10-17(24)22-8-9-25-18(22)20-15/h4-10,19H,3,11-12H2,1-2H3. The van der Waals surface area contributed by atoms with Crippen LogP contribution >= 0.6 is 11.3 Å². The summed E-state index contributed by atoms with van der Waals surface area (Å²) in [6.07, 6.45) is 1.73. The van der Waals surface area contributed by atoms with Crippen LogP contribution in [0.2, 0.25) is 0 Å². The third kappa shape index (κ3) is 3.88. The van der Waals surface area contributed by atoms with Gasteiger partial charge in [-0.3, -0.25) is 14.0 Å². The number of fused-ring (bicyclic) bond motifs is 1. The molecule has 0 aliphatic carbocycles. The lowest BCUT2D eigenvalue weighted by atomic mass is 10.1.